The van der Waals surface area contributed by atoms with Crippen molar-refractivity contribution in [3.8, 4) is 0 Å². The molecule has 1 saturated heterocycles. The van der Waals surface area contributed by atoms with Crippen LogP contribution in [0.25, 0.3) is 0 Å². The fraction of sp³-hybridized carbons (Fsp3) is 0.250. The highest BCUT2D eigenvalue weighted by Gasteiger charge is 2.24. The molecule has 0 saturated carbocycles. The molecule has 0 aromatic heterocycles. The molecular formula is C8H10BNO2. The number of nitrogens with one attached hydrogen (secondary N) is 1. The van der Waals surface area contributed by atoms with Crippen molar-refractivity contribution in [2.75, 3.05) is 18.4 Å². The highest BCUT2D eigenvalue weighted by molar-refractivity contribution is 6.49. The Labute approximate surface area is 71.8 Å². The van der Waals surface area contributed by atoms with Crippen LogP contribution in [-0.4, -0.2) is 20.5 Å². The third kappa shape index (κ3) is 1.78. The van der Waals surface area contributed by atoms with Crippen molar-refractivity contribution >= 4 is 12.9 Å². The van der Waals surface area contributed by atoms with E-state index < -0.39 is 0 Å². The van der Waals surface area contributed by atoms with E-state index in [1.54, 1.807) is 0 Å². The molecule has 1 aliphatic heterocycles. The van der Waals surface area contributed by atoms with E-state index in [-0.39, 0.29) is 7.25 Å². The standard InChI is InChI=1S/C8H10BNO2/c1-2-4-8(5-3-1)10-9-11-6-7-12-9/h1-5,10H,6-7H2. The average molecular weight is 163 g/mol. The van der Waals surface area contributed by atoms with Gasteiger partial charge in [-0.2, -0.15) is 0 Å². The molecule has 0 amide bonds. The van der Waals surface area contributed by atoms with Crippen molar-refractivity contribution in [2.24, 2.45) is 0 Å². The minimum atomic E-state index is -0.271. The number of para-hydroxylation sites is 1. The topological polar surface area (TPSA) is 30.5 Å². The van der Waals surface area contributed by atoms with E-state index in [1.807, 2.05) is 30.3 Å². The van der Waals surface area contributed by atoms with E-state index in [0.717, 1.165) is 5.69 Å². The summed E-state index contributed by atoms with van der Waals surface area (Å²) >= 11 is 0. The maximum absolute atomic E-state index is 5.22. The minimum absolute atomic E-state index is 0.271. The third-order valence-electron chi connectivity index (χ3n) is 1.68. The SMILES string of the molecule is c1ccc(NB2OCCO2)cc1. The van der Waals surface area contributed by atoms with Gasteiger partial charge in [-0.25, -0.2) is 0 Å². The van der Waals surface area contributed by atoms with Crippen LogP contribution in [0.5, 0.6) is 0 Å². The molecule has 1 heterocycles. The van der Waals surface area contributed by atoms with Gasteiger partial charge in [-0.1, -0.05) is 18.2 Å². The van der Waals surface area contributed by atoms with Crippen molar-refractivity contribution in [1.29, 1.82) is 0 Å². The van der Waals surface area contributed by atoms with Crippen LogP contribution in [0.4, 0.5) is 5.69 Å². The molecule has 0 unspecified atom stereocenters. The highest BCUT2D eigenvalue weighted by atomic mass is 16.6. The summed E-state index contributed by atoms with van der Waals surface area (Å²) in [6, 6.07) is 9.87. The summed E-state index contributed by atoms with van der Waals surface area (Å²) in [5.74, 6) is 0. The Hall–Kier alpha value is -0.995. The van der Waals surface area contributed by atoms with Crippen molar-refractivity contribution in [3.63, 3.8) is 0 Å². The Bertz CT molecular complexity index is 236. The van der Waals surface area contributed by atoms with Gasteiger partial charge in [-0.3, -0.25) is 0 Å². The molecule has 1 N–H and O–H groups in total. The lowest BCUT2D eigenvalue weighted by Gasteiger charge is -2.06. The van der Waals surface area contributed by atoms with Gasteiger partial charge >= 0.3 is 7.25 Å². The van der Waals surface area contributed by atoms with Crippen LogP contribution in [-0.2, 0) is 9.31 Å². The largest absolute Gasteiger partial charge is 0.590 e. The molecule has 2 rings (SSSR count). The van der Waals surface area contributed by atoms with Crippen LogP contribution in [0.15, 0.2) is 30.3 Å². The van der Waals surface area contributed by atoms with Gasteiger partial charge in [-0.05, 0) is 12.1 Å². The molecule has 3 nitrogen and oxygen atoms in total. The van der Waals surface area contributed by atoms with E-state index in [4.69, 9.17) is 9.31 Å². The quantitative estimate of drug-likeness (QED) is 0.662. The van der Waals surface area contributed by atoms with E-state index in [0.29, 0.717) is 13.2 Å². The van der Waals surface area contributed by atoms with Gasteiger partial charge in [0, 0.05) is 5.69 Å². The van der Waals surface area contributed by atoms with Gasteiger partial charge in [0.25, 0.3) is 0 Å². The van der Waals surface area contributed by atoms with Gasteiger partial charge < -0.3 is 14.5 Å². The summed E-state index contributed by atoms with van der Waals surface area (Å²) in [5, 5.41) is 3.10. The van der Waals surface area contributed by atoms with Crippen molar-refractivity contribution in [2.45, 2.75) is 0 Å². The van der Waals surface area contributed by atoms with Gasteiger partial charge in [0.05, 0.1) is 13.2 Å². The average Bonchev–Trinajstić information content (AvgIpc) is 2.59. The summed E-state index contributed by atoms with van der Waals surface area (Å²) in [6.07, 6.45) is 0. The number of rotatable bonds is 2. The molecule has 4 heteroatoms. The Morgan fingerprint density at radius 3 is 2.42 bits per heavy atom. The summed E-state index contributed by atoms with van der Waals surface area (Å²) < 4.78 is 10.4. The number of hydrogen-bond acceptors (Lipinski definition) is 3. The second-order valence-electron chi connectivity index (χ2n) is 2.58. The Kier molecular flexibility index (Phi) is 2.30. The van der Waals surface area contributed by atoms with Gasteiger partial charge in [0.15, 0.2) is 0 Å². The number of anilines is 1. The van der Waals surface area contributed by atoms with E-state index >= 15 is 0 Å². The molecule has 1 aromatic carbocycles. The fourth-order valence-electron chi connectivity index (χ4n) is 1.11. The molecule has 0 atom stereocenters. The van der Waals surface area contributed by atoms with Crippen LogP contribution in [0.2, 0.25) is 0 Å². The van der Waals surface area contributed by atoms with Crippen molar-refractivity contribution < 1.29 is 9.31 Å². The first-order chi connectivity index (χ1) is 5.95. The van der Waals surface area contributed by atoms with E-state index in [1.165, 1.54) is 0 Å². The third-order valence-corrected chi connectivity index (χ3v) is 1.68. The lowest BCUT2D eigenvalue weighted by Crippen LogP contribution is -2.25. The predicted molar refractivity (Wildman–Crippen MR) is 47.7 cm³/mol. The fourth-order valence-corrected chi connectivity index (χ4v) is 1.11. The minimum Gasteiger partial charge on any atom is -0.390 e. The molecule has 0 aliphatic carbocycles. The Morgan fingerprint density at radius 1 is 1.08 bits per heavy atom. The zero-order valence-electron chi connectivity index (χ0n) is 6.69. The normalized spacial score (nSPS) is 16.5. The lowest BCUT2D eigenvalue weighted by atomic mass is 10.1. The van der Waals surface area contributed by atoms with Crippen molar-refractivity contribution in [3.05, 3.63) is 30.3 Å². The van der Waals surface area contributed by atoms with Crippen LogP contribution in [0, 0.1) is 0 Å². The molecule has 1 fully saturated rings. The summed E-state index contributed by atoms with van der Waals surface area (Å²) in [7, 11) is -0.271. The van der Waals surface area contributed by atoms with Crippen molar-refractivity contribution in [1.82, 2.24) is 0 Å². The second-order valence-corrected chi connectivity index (χ2v) is 2.58. The molecule has 12 heavy (non-hydrogen) atoms. The maximum Gasteiger partial charge on any atom is 0.590 e. The molecule has 0 bridgehead atoms. The van der Waals surface area contributed by atoms with E-state index in [9.17, 15) is 0 Å². The van der Waals surface area contributed by atoms with Gasteiger partial charge in [0.2, 0.25) is 0 Å². The summed E-state index contributed by atoms with van der Waals surface area (Å²) in [5.41, 5.74) is 1.02. The summed E-state index contributed by atoms with van der Waals surface area (Å²) in [4.78, 5) is 0. The first-order valence-corrected chi connectivity index (χ1v) is 4.00. The molecule has 1 aromatic rings. The van der Waals surface area contributed by atoms with Crippen LogP contribution in [0.3, 0.4) is 0 Å². The molecule has 0 radical (unpaired) electrons. The Balaban J connectivity index is 1.94. The van der Waals surface area contributed by atoms with Crippen LogP contribution >= 0.6 is 0 Å². The first kappa shape index (κ1) is 7.64. The smallest absolute Gasteiger partial charge is 0.390 e. The molecule has 1 aliphatic rings. The number of hydrogen-bond donors (Lipinski definition) is 1. The van der Waals surface area contributed by atoms with E-state index in [2.05, 4.69) is 5.23 Å². The first-order valence-electron chi connectivity index (χ1n) is 4.00. The molecule has 0 spiro atoms. The van der Waals surface area contributed by atoms with Gasteiger partial charge in [-0.15, -0.1) is 0 Å². The monoisotopic (exact) mass is 163 g/mol. The van der Waals surface area contributed by atoms with Gasteiger partial charge in [0.1, 0.15) is 0 Å². The molecular weight excluding hydrogens is 153 g/mol. The molecule has 62 valence electrons. The lowest BCUT2D eigenvalue weighted by molar-refractivity contribution is 0.365. The second kappa shape index (κ2) is 3.60. The predicted octanol–water partition coefficient (Wildman–Crippen LogP) is 1.13. The zero-order chi connectivity index (χ0) is 8.23. The number of benzene rings is 1. The Morgan fingerprint density at radius 2 is 1.75 bits per heavy atom. The maximum atomic E-state index is 5.22. The van der Waals surface area contributed by atoms with Crippen LogP contribution < -0.4 is 5.23 Å². The zero-order valence-corrected chi connectivity index (χ0v) is 6.69. The summed E-state index contributed by atoms with van der Waals surface area (Å²) in [6.45, 7) is 1.34. The van der Waals surface area contributed by atoms with Crippen LogP contribution in [0.1, 0.15) is 0 Å². The highest BCUT2D eigenvalue weighted by Crippen LogP contribution is 2.08.